The standard InChI is InChI=1S/C13H16FN3O/c14-10-2-1-3-11(17-6-8-18-9-7-17)12(10)13-15-4-5-16-13/h1-3H,4-9H2,(H,15,16). The van der Waals surface area contributed by atoms with Crippen LogP contribution in [0.25, 0.3) is 0 Å². The van der Waals surface area contributed by atoms with E-state index in [0.717, 1.165) is 25.3 Å². The Morgan fingerprint density at radius 1 is 1.28 bits per heavy atom. The van der Waals surface area contributed by atoms with Crippen LogP contribution in [0, 0.1) is 5.82 Å². The molecule has 0 bridgehead atoms. The summed E-state index contributed by atoms with van der Waals surface area (Å²) < 4.78 is 19.4. The van der Waals surface area contributed by atoms with Crippen molar-refractivity contribution in [1.29, 1.82) is 0 Å². The highest BCUT2D eigenvalue weighted by Crippen LogP contribution is 2.25. The molecule has 0 radical (unpaired) electrons. The summed E-state index contributed by atoms with van der Waals surface area (Å²) in [5.74, 6) is 0.460. The Bertz CT molecular complexity index is 469. The second-order valence-corrected chi connectivity index (χ2v) is 4.39. The first-order valence-corrected chi connectivity index (χ1v) is 6.26. The van der Waals surface area contributed by atoms with E-state index in [4.69, 9.17) is 4.74 Å². The fourth-order valence-corrected chi connectivity index (χ4v) is 2.38. The lowest BCUT2D eigenvalue weighted by atomic mass is 10.1. The van der Waals surface area contributed by atoms with Gasteiger partial charge in [-0.1, -0.05) is 6.07 Å². The number of anilines is 1. The molecule has 1 N–H and O–H groups in total. The number of halogens is 1. The minimum Gasteiger partial charge on any atom is -0.378 e. The number of benzene rings is 1. The van der Waals surface area contributed by atoms with Crippen molar-refractivity contribution in [3.8, 4) is 0 Å². The van der Waals surface area contributed by atoms with E-state index in [2.05, 4.69) is 15.2 Å². The van der Waals surface area contributed by atoms with Gasteiger partial charge in [-0.05, 0) is 12.1 Å². The van der Waals surface area contributed by atoms with E-state index in [-0.39, 0.29) is 5.82 Å². The first kappa shape index (κ1) is 11.5. The lowest BCUT2D eigenvalue weighted by Crippen LogP contribution is -2.38. The predicted octanol–water partition coefficient (Wildman–Crippen LogP) is 1.01. The van der Waals surface area contributed by atoms with Crippen LogP contribution in [0.5, 0.6) is 0 Å². The molecule has 0 saturated carbocycles. The van der Waals surface area contributed by atoms with Gasteiger partial charge >= 0.3 is 0 Å². The van der Waals surface area contributed by atoms with Crippen LogP contribution in [-0.4, -0.2) is 45.2 Å². The predicted molar refractivity (Wildman–Crippen MR) is 68.8 cm³/mol. The Morgan fingerprint density at radius 3 is 2.83 bits per heavy atom. The van der Waals surface area contributed by atoms with Gasteiger partial charge in [-0.25, -0.2) is 4.39 Å². The highest BCUT2D eigenvalue weighted by molar-refractivity contribution is 6.04. The van der Waals surface area contributed by atoms with Crippen LogP contribution in [0.1, 0.15) is 5.56 Å². The van der Waals surface area contributed by atoms with E-state index in [1.807, 2.05) is 6.07 Å². The zero-order valence-corrected chi connectivity index (χ0v) is 10.2. The van der Waals surface area contributed by atoms with Crippen molar-refractivity contribution in [3.63, 3.8) is 0 Å². The summed E-state index contributed by atoms with van der Waals surface area (Å²) in [5, 5.41) is 3.15. The van der Waals surface area contributed by atoms with Crippen molar-refractivity contribution in [3.05, 3.63) is 29.6 Å². The van der Waals surface area contributed by atoms with E-state index in [1.165, 1.54) is 6.07 Å². The fraction of sp³-hybridized carbons (Fsp3) is 0.462. The van der Waals surface area contributed by atoms with Gasteiger partial charge in [-0.3, -0.25) is 4.99 Å². The number of aliphatic imine (C=N–C) groups is 1. The van der Waals surface area contributed by atoms with Gasteiger partial charge in [-0.15, -0.1) is 0 Å². The third kappa shape index (κ3) is 2.06. The third-order valence-electron chi connectivity index (χ3n) is 3.25. The smallest absolute Gasteiger partial charge is 0.136 e. The first-order chi connectivity index (χ1) is 8.86. The highest BCUT2D eigenvalue weighted by atomic mass is 19.1. The summed E-state index contributed by atoms with van der Waals surface area (Å²) in [4.78, 5) is 6.49. The minimum absolute atomic E-state index is 0.216. The lowest BCUT2D eigenvalue weighted by molar-refractivity contribution is 0.122. The normalized spacial score (nSPS) is 19.6. The summed E-state index contributed by atoms with van der Waals surface area (Å²) in [6, 6.07) is 5.19. The Kier molecular flexibility index (Phi) is 3.15. The van der Waals surface area contributed by atoms with Crippen molar-refractivity contribution < 1.29 is 9.13 Å². The number of morpholine rings is 1. The zero-order chi connectivity index (χ0) is 12.4. The van der Waals surface area contributed by atoms with Crippen LogP contribution >= 0.6 is 0 Å². The molecule has 1 aromatic rings. The van der Waals surface area contributed by atoms with Crippen molar-refractivity contribution in [1.82, 2.24) is 5.32 Å². The summed E-state index contributed by atoms with van der Waals surface area (Å²) >= 11 is 0. The van der Waals surface area contributed by atoms with Crippen molar-refractivity contribution in [2.24, 2.45) is 4.99 Å². The van der Waals surface area contributed by atoms with Crippen LogP contribution in [-0.2, 0) is 4.74 Å². The van der Waals surface area contributed by atoms with Crippen LogP contribution in [0.4, 0.5) is 10.1 Å². The molecule has 0 aromatic heterocycles. The molecule has 4 nitrogen and oxygen atoms in total. The number of nitrogens with one attached hydrogen (secondary N) is 1. The van der Waals surface area contributed by atoms with Crippen LogP contribution < -0.4 is 10.2 Å². The summed E-state index contributed by atoms with van der Waals surface area (Å²) in [7, 11) is 0. The second kappa shape index (κ2) is 4.94. The van der Waals surface area contributed by atoms with E-state index >= 15 is 0 Å². The minimum atomic E-state index is -0.216. The average Bonchev–Trinajstić information content (AvgIpc) is 2.93. The van der Waals surface area contributed by atoms with E-state index < -0.39 is 0 Å². The van der Waals surface area contributed by atoms with Gasteiger partial charge in [0.05, 0.1) is 31.0 Å². The molecule has 2 aliphatic heterocycles. The van der Waals surface area contributed by atoms with Gasteiger partial charge in [0.2, 0.25) is 0 Å². The van der Waals surface area contributed by atoms with Gasteiger partial charge in [-0.2, -0.15) is 0 Å². The molecule has 1 saturated heterocycles. The molecular weight excluding hydrogens is 233 g/mol. The second-order valence-electron chi connectivity index (χ2n) is 4.39. The molecule has 0 atom stereocenters. The number of amidine groups is 1. The number of ether oxygens (including phenoxy) is 1. The number of hydrogen-bond acceptors (Lipinski definition) is 4. The first-order valence-electron chi connectivity index (χ1n) is 6.26. The molecule has 1 fully saturated rings. The Hall–Kier alpha value is -1.62. The number of rotatable bonds is 2. The van der Waals surface area contributed by atoms with Crippen LogP contribution in [0.2, 0.25) is 0 Å². The molecular formula is C13H16FN3O. The SMILES string of the molecule is Fc1cccc(N2CCOCC2)c1C1=NCCN1. The molecule has 0 unspecified atom stereocenters. The molecule has 96 valence electrons. The van der Waals surface area contributed by atoms with Crippen LogP contribution in [0.3, 0.4) is 0 Å². The summed E-state index contributed by atoms with van der Waals surface area (Å²) in [6.07, 6.45) is 0. The quantitative estimate of drug-likeness (QED) is 0.850. The molecule has 18 heavy (non-hydrogen) atoms. The number of hydrogen-bond donors (Lipinski definition) is 1. The Labute approximate surface area is 105 Å². The van der Waals surface area contributed by atoms with Gasteiger partial charge in [0.1, 0.15) is 11.7 Å². The van der Waals surface area contributed by atoms with Crippen molar-refractivity contribution >= 4 is 11.5 Å². The van der Waals surface area contributed by atoms with Gasteiger partial charge in [0, 0.05) is 19.6 Å². The molecule has 3 rings (SSSR count). The summed E-state index contributed by atoms with van der Waals surface area (Å²) in [5.41, 5.74) is 1.50. The Morgan fingerprint density at radius 2 is 2.11 bits per heavy atom. The highest BCUT2D eigenvalue weighted by Gasteiger charge is 2.22. The van der Waals surface area contributed by atoms with Crippen LogP contribution in [0.15, 0.2) is 23.2 Å². The molecule has 1 aromatic carbocycles. The van der Waals surface area contributed by atoms with Gasteiger partial charge in [0.15, 0.2) is 0 Å². The largest absolute Gasteiger partial charge is 0.378 e. The van der Waals surface area contributed by atoms with E-state index in [1.54, 1.807) is 6.07 Å². The topological polar surface area (TPSA) is 36.9 Å². The Balaban J connectivity index is 1.99. The van der Waals surface area contributed by atoms with Crippen molar-refractivity contribution in [2.45, 2.75) is 0 Å². The van der Waals surface area contributed by atoms with E-state index in [0.29, 0.717) is 31.2 Å². The molecule has 2 aliphatic rings. The molecule has 2 heterocycles. The van der Waals surface area contributed by atoms with Gasteiger partial charge in [0.25, 0.3) is 0 Å². The average molecular weight is 249 g/mol. The summed E-state index contributed by atoms with van der Waals surface area (Å²) in [6.45, 7) is 4.47. The van der Waals surface area contributed by atoms with E-state index in [9.17, 15) is 4.39 Å². The monoisotopic (exact) mass is 249 g/mol. The number of nitrogens with zero attached hydrogens (tertiary/aromatic N) is 2. The maximum Gasteiger partial charge on any atom is 0.136 e. The molecule has 0 spiro atoms. The third-order valence-corrected chi connectivity index (χ3v) is 3.25. The molecule has 5 heteroatoms. The molecule has 0 amide bonds. The maximum atomic E-state index is 14.1. The van der Waals surface area contributed by atoms with Crippen molar-refractivity contribution in [2.75, 3.05) is 44.3 Å². The maximum absolute atomic E-state index is 14.1. The fourth-order valence-electron chi connectivity index (χ4n) is 2.38. The lowest BCUT2D eigenvalue weighted by Gasteiger charge is -2.30. The van der Waals surface area contributed by atoms with Gasteiger partial charge < -0.3 is 15.0 Å². The molecule has 0 aliphatic carbocycles. The zero-order valence-electron chi connectivity index (χ0n) is 10.2.